The van der Waals surface area contributed by atoms with Crippen LogP contribution in [-0.2, 0) is 7.05 Å². The SMILES string of the molecule is Clc1c(Br)ccc2n[nH]nc12.Cn1nnc2ccc(Br)c(Cl)c21. The molecule has 118 valence electrons. The van der Waals surface area contributed by atoms with Crippen LogP contribution in [0.15, 0.2) is 33.2 Å². The fourth-order valence-corrected chi connectivity index (χ4v) is 3.06. The number of nitrogens with zero attached hydrogens (tertiary/aromatic N) is 5. The zero-order valence-electron chi connectivity index (χ0n) is 11.6. The number of H-pyrrole nitrogens is 1. The first-order chi connectivity index (χ1) is 11.0. The molecule has 0 atom stereocenters. The van der Waals surface area contributed by atoms with E-state index in [1.807, 2.05) is 31.3 Å². The zero-order chi connectivity index (χ0) is 16.6. The lowest BCUT2D eigenvalue weighted by molar-refractivity contribution is 0.736. The molecule has 23 heavy (non-hydrogen) atoms. The average Bonchev–Trinajstić information content (AvgIpc) is 3.15. The van der Waals surface area contributed by atoms with Gasteiger partial charge in [0.2, 0.25) is 0 Å². The molecule has 2 aromatic heterocycles. The lowest BCUT2D eigenvalue weighted by Gasteiger charge is -1.97. The van der Waals surface area contributed by atoms with E-state index < -0.39 is 0 Å². The van der Waals surface area contributed by atoms with Gasteiger partial charge in [-0.25, -0.2) is 4.68 Å². The first kappa shape index (κ1) is 16.6. The van der Waals surface area contributed by atoms with E-state index in [1.54, 1.807) is 4.68 Å². The number of benzene rings is 2. The molecule has 0 saturated heterocycles. The maximum Gasteiger partial charge on any atom is 0.132 e. The standard InChI is InChI=1S/C7H5BrClN3.C6H3BrClN3/c1-12-7-5(10-11-12)3-2-4(8)6(7)9;7-3-1-2-4-6(5(3)8)10-11-9-4/h2-3H,1H3;1-2H,(H,9,10,11). The first-order valence-electron chi connectivity index (χ1n) is 6.27. The number of hydrogen-bond donors (Lipinski definition) is 1. The molecule has 0 amide bonds. The van der Waals surface area contributed by atoms with Crippen molar-refractivity contribution in [2.75, 3.05) is 0 Å². The van der Waals surface area contributed by atoms with Crippen molar-refractivity contribution in [1.82, 2.24) is 30.4 Å². The Kier molecular flexibility index (Phi) is 4.86. The van der Waals surface area contributed by atoms with Crippen molar-refractivity contribution >= 4 is 77.1 Å². The van der Waals surface area contributed by atoms with Gasteiger partial charge < -0.3 is 0 Å². The Morgan fingerprint density at radius 2 is 1.61 bits per heavy atom. The van der Waals surface area contributed by atoms with Crippen molar-refractivity contribution < 1.29 is 0 Å². The third-order valence-corrected chi connectivity index (χ3v) is 5.58. The van der Waals surface area contributed by atoms with Crippen LogP contribution in [0.4, 0.5) is 0 Å². The van der Waals surface area contributed by atoms with Crippen molar-refractivity contribution in [3.8, 4) is 0 Å². The monoisotopic (exact) mass is 476 g/mol. The molecule has 0 aliphatic rings. The second-order valence-electron chi connectivity index (χ2n) is 4.49. The number of halogens is 4. The first-order valence-corrected chi connectivity index (χ1v) is 8.61. The van der Waals surface area contributed by atoms with Gasteiger partial charge in [-0.3, -0.25) is 0 Å². The molecular weight excluding hydrogens is 471 g/mol. The molecule has 0 fully saturated rings. The van der Waals surface area contributed by atoms with Crippen molar-refractivity contribution in [2.24, 2.45) is 7.05 Å². The van der Waals surface area contributed by atoms with Crippen LogP contribution in [-0.4, -0.2) is 30.4 Å². The molecule has 2 aromatic carbocycles. The van der Waals surface area contributed by atoms with Gasteiger partial charge in [-0.15, -0.1) is 5.10 Å². The van der Waals surface area contributed by atoms with Gasteiger partial charge in [-0.1, -0.05) is 28.4 Å². The Bertz CT molecular complexity index is 997. The van der Waals surface area contributed by atoms with E-state index in [1.165, 1.54) is 0 Å². The predicted octanol–water partition coefficient (Wildman–Crippen LogP) is 4.76. The zero-order valence-corrected chi connectivity index (χ0v) is 16.2. The predicted molar refractivity (Wildman–Crippen MR) is 97.8 cm³/mol. The molecule has 0 bridgehead atoms. The minimum absolute atomic E-state index is 0.594. The molecule has 0 unspecified atom stereocenters. The average molecular weight is 479 g/mol. The number of hydrogen-bond acceptors (Lipinski definition) is 4. The van der Waals surface area contributed by atoms with Gasteiger partial charge in [0.15, 0.2) is 0 Å². The van der Waals surface area contributed by atoms with Gasteiger partial charge in [0.1, 0.15) is 22.1 Å². The molecule has 0 aliphatic carbocycles. The maximum atomic E-state index is 6.02. The van der Waals surface area contributed by atoms with Crippen LogP contribution in [0.3, 0.4) is 0 Å². The van der Waals surface area contributed by atoms with Gasteiger partial charge in [-0.2, -0.15) is 15.4 Å². The van der Waals surface area contributed by atoms with Crippen LogP contribution >= 0.6 is 55.1 Å². The number of nitrogens with one attached hydrogen (secondary N) is 1. The van der Waals surface area contributed by atoms with Crippen molar-refractivity contribution in [3.05, 3.63) is 43.3 Å². The fraction of sp³-hybridized carbons (Fsp3) is 0.0769. The quantitative estimate of drug-likeness (QED) is 0.395. The molecular formula is C13H8Br2Cl2N6. The highest BCUT2D eigenvalue weighted by molar-refractivity contribution is 9.10. The third-order valence-electron chi connectivity index (χ3n) is 3.04. The molecule has 4 aromatic rings. The summed E-state index contributed by atoms with van der Waals surface area (Å²) in [7, 11) is 1.81. The van der Waals surface area contributed by atoms with Gasteiger partial charge >= 0.3 is 0 Å². The minimum atomic E-state index is 0.594. The van der Waals surface area contributed by atoms with E-state index in [-0.39, 0.29) is 0 Å². The second kappa shape index (κ2) is 6.72. The topological polar surface area (TPSA) is 72.3 Å². The van der Waals surface area contributed by atoms with E-state index in [2.05, 4.69) is 57.6 Å². The highest BCUT2D eigenvalue weighted by atomic mass is 79.9. The Labute approximate surface area is 157 Å². The van der Waals surface area contributed by atoms with E-state index >= 15 is 0 Å². The van der Waals surface area contributed by atoms with E-state index in [0.717, 1.165) is 25.5 Å². The van der Waals surface area contributed by atoms with Gasteiger partial charge in [0.05, 0.1) is 10.0 Å². The number of aryl methyl sites for hydroxylation is 1. The summed E-state index contributed by atoms with van der Waals surface area (Å²) in [5, 5.41) is 19.3. The van der Waals surface area contributed by atoms with Gasteiger partial charge in [-0.05, 0) is 56.1 Å². The summed E-state index contributed by atoms with van der Waals surface area (Å²) in [6.45, 7) is 0. The molecule has 1 N–H and O–H groups in total. The Morgan fingerprint density at radius 3 is 2.35 bits per heavy atom. The van der Waals surface area contributed by atoms with E-state index in [9.17, 15) is 0 Å². The van der Waals surface area contributed by atoms with Crippen molar-refractivity contribution in [1.29, 1.82) is 0 Å². The van der Waals surface area contributed by atoms with Gasteiger partial charge in [0.25, 0.3) is 0 Å². The van der Waals surface area contributed by atoms with Crippen molar-refractivity contribution in [2.45, 2.75) is 0 Å². The highest BCUT2D eigenvalue weighted by Gasteiger charge is 2.08. The number of aromatic nitrogens is 6. The molecule has 0 spiro atoms. The molecule has 2 heterocycles. The fourth-order valence-electron chi connectivity index (χ4n) is 1.93. The smallest absolute Gasteiger partial charge is 0.132 e. The van der Waals surface area contributed by atoms with Crippen LogP contribution in [0.1, 0.15) is 0 Å². The Hall–Kier alpha value is -1.22. The maximum absolute atomic E-state index is 6.02. The number of aromatic amines is 1. The second-order valence-corrected chi connectivity index (χ2v) is 6.96. The van der Waals surface area contributed by atoms with Crippen LogP contribution in [0, 0.1) is 0 Å². The summed E-state index contributed by atoms with van der Waals surface area (Å²) in [4.78, 5) is 0. The van der Waals surface area contributed by atoms with E-state index in [4.69, 9.17) is 23.2 Å². The van der Waals surface area contributed by atoms with E-state index in [0.29, 0.717) is 15.6 Å². The van der Waals surface area contributed by atoms with Crippen LogP contribution < -0.4 is 0 Å². The molecule has 0 aliphatic heterocycles. The number of rotatable bonds is 0. The van der Waals surface area contributed by atoms with Crippen molar-refractivity contribution in [3.63, 3.8) is 0 Å². The summed E-state index contributed by atoms with van der Waals surface area (Å²) in [5.41, 5.74) is 3.14. The summed E-state index contributed by atoms with van der Waals surface area (Å²) in [6, 6.07) is 7.42. The molecule has 6 nitrogen and oxygen atoms in total. The molecule has 4 rings (SSSR count). The van der Waals surface area contributed by atoms with Crippen LogP contribution in [0.25, 0.3) is 22.1 Å². The Balaban J connectivity index is 0.000000136. The molecule has 0 saturated carbocycles. The number of fused-ring (bicyclic) bond motifs is 2. The summed E-state index contributed by atoms with van der Waals surface area (Å²) < 4.78 is 3.35. The summed E-state index contributed by atoms with van der Waals surface area (Å²) in [6.07, 6.45) is 0. The third kappa shape index (κ3) is 3.21. The largest absolute Gasteiger partial charge is 0.246 e. The van der Waals surface area contributed by atoms with Gasteiger partial charge in [0, 0.05) is 16.0 Å². The van der Waals surface area contributed by atoms with Crippen LogP contribution in [0.5, 0.6) is 0 Å². The lowest BCUT2D eigenvalue weighted by atomic mass is 10.3. The minimum Gasteiger partial charge on any atom is -0.246 e. The molecule has 10 heteroatoms. The summed E-state index contributed by atoms with van der Waals surface area (Å²) in [5.74, 6) is 0. The Morgan fingerprint density at radius 1 is 0.957 bits per heavy atom. The normalized spacial score (nSPS) is 10.8. The lowest BCUT2D eigenvalue weighted by Crippen LogP contribution is -1.90. The highest BCUT2D eigenvalue weighted by Crippen LogP contribution is 2.29. The van der Waals surface area contributed by atoms with Crippen LogP contribution in [0.2, 0.25) is 10.0 Å². The summed E-state index contributed by atoms with van der Waals surface area (Å²) >= 11 is 18.5. The molecule has 0 radical (unpaired) electrons.